The van der Waals surface area contributed by atoms with Crippen molar-refractivity contribution in [1.29, 1.82) is 0 Å². The molecular weight excluding hydrogens is 408 g/mol. The van der Waals surface area contributed by atoms with Gasteiger partial charge < -0.3 is 9.64 Å². The molecule has 2 heterocycles. The van der Waals surface area contributed by atoms with E-state index in [-0.39, 0.29) is 37.1 Å². The lowest BCUT2D eigenvalue weighted by atomic mass is 10.1. The molecule has 1 atom stereocenters. The molecule has 2 aliphatic rings. The normalized spacial score (nSPS) is 17.4. The Hall–Kier alpha value is -3.48. The number of esters is 1. The minimum Gasteiger partial charge on any atom is -0.444 e. The molecule has 2 aliphatic heterocycles. The second-order valence-corrected chi connectivity index (χ2v) is 8.15. The van der Waals surface area contributed by atoms with Gasteiger partial charge in [0.1, 0.15) is 0 Å². The Balaban J connectivity index is 1.47. The highest BCUT2D eigenvalue weighted by Crippen LogP contribution is 2.24. The van der Waals surface area contributed by atoms with Crippen LogP contribution in [0.2, 0.25) is 0 Å². The molecule has 32 heavy (non-hydrogen) atoms. The smallest absolute Gasteiger partial charge is 0.339 e. The molecule has 0 aromatic heterocycles. The minimum atomic E-state index is -0.999. The Bertz CT molecular complexity index is 981. The summed E-state index contributed by atoms with van der Waals surface area (Å²) in [5, 5.41) is 0. The van der Waals surface area contributed by atoms with E-state index >= 15 is 0 Å². The summed E-state index contributed by atoms with van der Waals surface area (Å²) in [6.45, 7) is 1.53. The van der Waals surface area contributed by atoms with Crippen LogP contribution in [0.25, 0.3) is 0 Å². The summed E-state index contributed by atoms with van der Waals surface area (Å²) in [6.07, 6.45) is 2.49. The lowest BCUT2D eigenvalue weighted by molar-refractivity contribution is -0.142. The van der Waals surface area contributed by atoms with E-state index in [0.29, 0.717) is 24.2 Å². The van der Waals surface area contributed by atoms with E-state index in [1.165, 1.54) is 4.90 Å². The number of carbonyl (C=O) groups is 4. The predicted molar refractivity (Wildman–Crippen MR) is 116 cm³/mol. The number of ether oxygens (including phenoxy) is 1. The summed E-state index contributed by atoms with van der Waals surface area (Å²) < 4.78 is 5.70. The Morgan fingerprint density at radius 3 is 2.09 bits per heavy atom. The van der Waals surface area contributed by atoms with E-state index in [9.17, 15) is 19.2 Å². The third kappa shape index (κ3) is 4.88. The number of amides is 3. The molecule has 2 saturated heterocycles. The summed E-state index contributed by atoms with van der Waals surface area (Å²) in [5.41, 5.74) is 1.69. The molecule has 0 spiro atoms. The topological polar surface area (TPSA) is 84.0 Å². The number of rotatable bonds is 6. The van der Waals surface area contributed by atoms with Crippen molar-refractivity contribution < 1.29 is 23.9 Å². The number of hydrogen-bond acceptors (Lipinski definition) is 5. The highest BCUT2D eigenvalue weighted by atomic mass is 16.5. The first-order valence-electron chi connectivity index (χ1n) is 11.0. The van der Waals surface area contributed by atoms with Crippen molar-refractivity contribution in [3.8, 4) is 0 Å². The van der Waals surface area contributed by atoms with Gasteiger partial charge in [-0.25, -0.2) is 4.79 Å². The average Bonchev–Trinajstić information content (AvgIpc) is 3.15. The summed E-state index contributed by atoms with van der Waals surface area (Å²) >= 11 is 0. The Morgan fingerprint density at radius 2 is 1.47 bits per heavy atom. The molecule has 0 bridgehead atoms. The van der Waals surface area contributed by atoms with E-state index in [0.717, 1.165) is 24.8 Å². The van der Waals surface area contributed by atoms with Crippen molar-refractivity contribution in [3.63, 3.8) is 0 Å². The van der Waals surface area contributed by atoms with Gasteiger partial charge in [0.15, 0.2) is 0 Å². The molecule has 7 nitrogen and oxygen atoms in total. The van der Waals surface area contributed by atoms with E-state index in [1.807, 2.05) is 18.2 Å². The molecular formula is C25H26N2O5. The van der Waals surface area contributed by atoms with Crippen molar-refractivity contribution in [1.82, 2.24) is 9.80 Å². The van der Waals surface area contributed by atoms with Gasteiger partial charge in [0, 0.05) is 31.5 Å². The molecule has 4 rings (SSSR count). The molecule has 2 aromatic carbocycles. The van der Waals surface area contributed by atoms with Crippen molar-refractivity contribution in [2.45, 2.75) is 44.8 Å². The maximum Gasteiger partial charge on any atom is 0.339 e. The number of hydrogen-bond donors (Lipinski definition) is 0. The van der Waals surface area contributed by atoms with Crippen molar-refractivity contribution in [2.75, 3.05) is 13.1 Å². The van der Waals surface area contributed by atoms with Crippen molar-refractivity contribution in [2.24, 2.45) is 0 Å². The quantitative estimate of drug-likeness (QED) is 0.515. The van der Waals surface area contributed by atoms with Gasteiger partial charge in [-0.2, -0.15) is 0 Å². The van der Waals surface area contributed by atoms with Crippen molar-refractivity contribution in [3.05, 3.63) is 71.3 Å². The highest BCUT2D eigenvalue weighted by molar-refractivity contribution is 6.01. The van der Waals surface area contributed by atoms with Gasteiger partial charge in [-0.3, -0.25) is 19.3 Å². The zero-order valence-corrected chi connectivity index (χ0v) is 17.9. The van der Waals surface area contributed by atoms with Crippen LogP contribution < -0.4 is 0 Å². The van der Waals surface area contributed by atoms with Crippen LogP contribution in [0.15, 0.2) is 54.6 Å². The third-order valence-electron chi connectivity index (χ3n) is 5.90. The van der Waals surface area contributed by atoms with Gasteiger partial charge in [0.05, 0.1) is 12.1 Å². The maximum atomic E-state index is 13.2. The molecule has 0 aliphatic carbocycles. The maximum absolute atomic E-state index is 13.2. The van der Waals surface area contributed by atoms with Crippen LogP contribution in [0.4, 0.5) is 0 Å². The molecule has 1 unspecified atom stereocenters. The molecule has 2 aromatic rings. The van der Waals surface area contributed by atoms with E-state index in [4.69, 9.17) is 4.74 Å². The van der Waals surface area contributed by atoms with Crippen LogP contribution in [-0.4, -0.2) is 46.6 Å². The summed E-state index contributed by atoms with van der Waals surface area (Å²) in [5.74, 6) is -1.16. The fourth-order valence-electron chi connectivity index (χ4n) is 4.07. The number of imide groups is 1. The molecule has 0 N–H and O–H groups in total. The fraction of sp³-hybridized carbons (Fsp3) is 0.360. The molecule has 166 valence electrons. The lowest BCUT2D eigenvalue weighted by Crippen LogP contribution is -2.40. The highest BCUT2D eigenvalue weighted by Gasteiger charge is 2.31. The monoisotopic (exact) mass is 434 g/mol. The number of likely N-dealkylation sites (tertiary alicyclic amines) is 2. The lowest BCUT2D eigenvalue weighted by Gasteiger charge is -2.30. The first-order chi connectivity index (χ1) is 15.5. The first kappa shape index (κ1) is 21.7. The fourth-order valence-corrected chi connectivity index (χ4v) is 4.07. The molecule has 3 amide bonds. The van der Waals surface area contributed by atoms with E-state index in [2.05, 4.69) is 0 Å². The van der Waals surface area contributed by atoms with Crippen LogP contribution in [0.5, 0.6) is 0 Å². The van der Waals surface area contributed by atoms with E-state index < -0.39 is 12.1 Å². The zero-order chi connectivity index (χ0) is 22.5. The SMILES string of the molecule is O=C(OC(C(=O)N1CCCCC1)c1ccccc1)c1ccc(CN2C(=O)CCC2=O)cc1. The second kappa shape index (κ2) is 9.77. The predicted octanol–water partition coefficient (Wildman–Crippen LogP) is 3.25. The molecule has 2 fully saturated rings. The van der Waals surface area contributed by atoms with Gasteiger partial charge in [0.2, 0.25) is 17.9 Å². The molecule has 0 radical (unpaired) electrons. The summed E-state index contributed by atoms with van der Waals surface area (Å²) in [7, 11) is 0. The van der Waals surface area contributed by atoms with Gasteiger partial charge in [-0.15, -0.1) is 0 Å². The van der Waals surface area contributed by atoms with Crippen LogP contribution in [0.1, 0.15) is 59.7 Å². The van der Waals surface area contributed by atoms with Crippen LogP contribution in [0.3, 0.4) is 0 Å². The molecule has 0 saturated carbocycles. The largest absolute Gasteiger partial charge is 0.444 e. The van der Waals surface area contributed by atoms with Gasteiger partial charge in [-0.1, -0.05) is 42.5 Å². The minimum absolute atomic E-state index is 0.180. The number of nitrogens with zero attached hydrogens (tertiary/aromatic N) is 2. The van der Waals surface area contributed by atoms with Crippen LogP contribution >= 0.6 is 0 Å². The number of piperidine rings is 1. The molecule has 7 heteroatoms. The Morgan fingerprint density at radius 1 is 0.844 bits per heavy atom. The van der Waals surface area contributed by atoms with Gasteiger partial charge >= 0.3 is 5.97 Å². The average molecular weight is 434 g/mol. The van der Waals surface area contributed by atoms with E-state index in [1.54, 1.807) is 41.3 Å². The number of carbonyl (C=O) groups excluding carboxylic acids is 4. The van der Waals surface area contributed by atoms with Gasteiger partial charge in [0.25, 0.3) is 5.91 Å². The van der Waals surface area contributed by atoms with Crippen LogP contribution in [-0.2, 0) is 25.7 Å². The standard InChI is InChI=1S/C25H26N2O5/c28-21-13-14-22(29)27(21)17-18-9-11-20(12-10-18)25(31)32-23(19-7-3-1-4-8-19)24(30)26-15-5-2-6-16-26/h1,3-4,7-12,23H,2,5-6,13-17H2. The number of benzene rings is 2. The summed E-state index contributed by atoms with van der Waals surface area (Å²) in [4.78, 5) is 52.6. The van der Waals surface area contributed by atoms with Crippen molar-refractivity contribution >= 4 is 23.7 Å². The first-order valence-corrected chi connectivity index (χ1v) is 11.0. The third-order valence-corrected chi connectivity index (χ3v) is 5.90. The van der Waals surface area contributed by atoms with Crippen LogP contribution in [0, 0.1) is 0 Å². The Labute approximate surface area is 187 Å². The summed E-state index contributed by atoms with van der Waals surface area (Å²) in [6, 6.07) is 15.6. The zero-order valence-electron chi connectivity index (χ0n) is 17.9. The Kier molecular flexibility index (Phi) is 6.63. The van der Waals surface area contributed by atoms with Gasteiger partial charge in [-0.05, 0) is 37.0 Å². The second-order valence-electron chi connectivity index (χ2n) is 8.15.